The number of piperidine rings is 3. The molecule has 4 aromatic rings. The van der Waals surface area contributed by atoms with Crippen molar-refractivity contribution in [2.45, 2.75) is 84.5 Å². The highest BCUT2D eigenvalue weighted by atomic mass is 19.1. The largest absolute Gasteiger partial charge is 0.388 e. The van der Waals surface area contributed by atoms with E-state index in [2.05, 4.69) is 64.0 Å². The Kier molecular flexibility index (Phi) is 18.0. The summed E-state index contributed by atoms with van der Waals surface area (Å²) in [5.74, 6) is 2.58. The summed E-state index contributed by atoms with van der Waals surface area (Å²) in [6.07, 6.45) is 18.3. The molecule has 1 unspecified atom stereocenters. The molecule has 4 fully saturated rings. The minimum atomic E-state index is -0.207. The van der Waals surface area contributed by atoms with Gasteiger partial charge in [0.15, 0.2) is 0 Å². The van der Waals surface area contributed by atoms with E-state index < -0.39 is 0 Å². The zero-order chi connectivity index (χ0) is 40.2. The fraction of sp³-hybridized carbons (Fsp3) is 0.532. The summed E-state index contributed by atoms with van der Waals surface area (Å²) in [4.78, 5) is 21.2. The highest BCUT2D eigenvalue weighted by Gasteiger charge is 2.24. The van der Waals surface area contributed by atoms with Crippen molar-refractivity contribution in [2.75, 3.05) is 103 Å². The fourth-order valence-electron chi connectivity index (χ4n) is 8.12. The average molecular weight is 783 g/mol. The van der Waals surface area contributed by atoms with Gasteiger partial charge in [0.25, 0.3) is 0 Å². The van der Waals surface area contributed by atoms with E-state index in [4.69, 9.17) is 0 Å². The van der Waals surface area contributed by atoms with E-state index in [1.54, 1.807) is 25.2 Å². The van der Waals surface area contributed by atoms with Gasteiger partial charge in [0.05, 0.1) is 0 Å². The number of nitrogens with one attached hydrogen (secondary N) is 1. The van der Waals surface area contributed by atoms with E-state index in [1.165, 1.54) is 139 Å². The summed E-state index contributed by atoms with van der Waals surface area (Å²) < 4.78 is 25.7. The van der Waals surface area contributed by atoms with Crippen molar-refractivity contribution in [3.8, 4) is 0 Å². The Bertz CT molecular complexity index is 1690. The minimum absolute atomic E-state index is 0.170. The van der Waals surface area contributed by atoms with E-state index in [-0.39, 0.29) is 11.6 Å². The molecule has 8 nitrogen and oxygen atoms in total. The molecule has 0 bridgehead atoms. The third kappa shape index (κ3) is 13.8. The molecule has 57 heavy (non-hydrogen) atoms. The maximum Gasteiger partial charge on any atom is 0.130 e. The van der Waals surface area contributed by atoms with Gasteiger partial charge in [-0.25, -0.2) is 18.7 Å². The Hall–Kier alpha value is -4.60. The molecule has 4 aliphatic rings. The van der Waals surface area contributed by atoms with Crippen molar-refractivity contribution in [2.24, 2.45) is 5.92 Å². The molecular weight excluding hydrogens is 715 g/mol. The third-order valence-corrected chi connectivity index (χ3v) is 11.4. The zero-order valence-electron chi connectivity index (χ0n) is 35.2. The van der Waals surface area contributed by atoms with Crippen LogP contribution in [0.1, 0.15) is 84.5 Å². The quantitative estimate of drug-likeness (QED) is 0.180. The standard InChI is InChI=1S/C23H31FN4.C15H23N3.C7H8FN.C2H6/c1-26(21-7-5-6-20(24)16-21)14-9-19-10-15-28(18-19)23-17-22(8-11-25-23)27-12-3-2-4-13-27;1-3-9-17(10-4-1)14-7-8-16-15(13-14)18-11-5-2-6-12-18;1-9-7-4-2-3-6(8)5-7;1-2/h5-8,11,16-17,19H,2-4,9-10,12-15,18H2,1H3;7-8,13H,1-6,9-12H2;2-5,9H,1H3;1-2H3. The Morgan fingerprint density at radius 1 is 0.614 bits per heavy atom. The van der Waals surface area contributed by atoms with Crippen LogP contribution in [-0.4, -0.2) is 83.0 Å². The number of hydrogen-bond acceptors (Lipinski definition) is 8. The lowest BCUT2D eigenvalue weighted by molar-refractivity contribution is 0.538. The van der Waals surface area contributed by atoms with Gasteiger partial charge >= 0.3 is 0 Å². The van der Waals surface area contributed by atoms with Gasteiger partial charge < -0.3 is 29.8 Å². The predicted octanol–water partition coefficient (Wildman–Crippen LogP) is 10.5. The van der Waals surface area contributed by atoms with E-state index in [0.29, 0.717) is 5.92 Å². The van der Waals surface area contributed by atoms with Crippen LogP contribution in [0.15, 0.2) is 85.2 Å². The molecule has 1 N–H and O–H groups in total. The van der Waals surface area contributed by atoms with Crippen LogP contribution in [0, 0.1) is 17.6 Å². The minimum Gasteiger partial charge on any atom is -0.388 e. The molecule has 4 aliphatic heterocycles. The smallest absolute Gasteiger partial charge is 0.130 e. The molecule has 0 aliphatic carbocycles. The first-order valence-corrected chi connectivity index (χ1v) is 21.8. The Balaban J connectivity index is 0.000000182. The van der Waals surface area contributed by atoms with Gasteiger partial charge in [-0.3, -0.25) is 0 Å². The Morgan fingerprint density at radius 2 is 1.12 bits per heavy atom. The van der Waals surface area contributed by atoms with Crippen molar-refractivity contribution in [3.05, 3.63) is 96.8 Å². The van der Waals surface area contributed by atoms with Gasteiger partial charge in [0.2, 0.25) is 0 Å². The van der Waals surface area contributed by atoms with Crippen molar-refractivity contribution >= 4 is 34.4 Å². The average Bonchev–Trinajstić information content (AvgIpc) is 3.77. The first-order chi connectivity index (χ1) is 27.9. The van der Waals surface area contributed by atoms with Crippen LogP contribution in [0.3, 0.4) is 0 Å². The topological polar surface area (TPSA) is 54.0 Å². The summed E-state index contributed by atoms with van der Waals surface area (Å²) in [6, 6.07) is 22.1. The maximum absolute atomic E-state index is 13.4. The van der Waals surface area contributed by atoms with Crippen LogP contribution in [0.25, 0.3) is 0 Å². The molecule has 310 valence electrons. The molecule has 2 aromatic carbocycles. The van der Waals surface area contributed by atoms with Gasteiger partial charge in [0, 0.05) is 120 Å². The lowest BCUT2D eigenvalue weighted by atomic mass is 10.0. The number of hydrogen-bond donors (Lipinski definition) is 1. The van der Waals surface area contributed by atoms with Gasteiger partial charge in [-0.05, 0) is 125 Å². The van der Waals surface area contributed by atoms with Crippen LogP contribution >= 0.6 is 0 Å². The van der Waals surface area contributed by atoms with Crippen LogP contribution in [0.4, 0.5) is 43.2 Å². The fourth-order valence-corrected chi connectivity index (χ4v) is 8.12. The molecular formula is C47H68F2N8. The highest BCUT2D eigenvalue weighted by molar-refractivity contribution is 5.56. The molecule has 10 heteroatoms. The lowest BCUT2D eigenvalue weighted by Crippen LogP contribution is -2.32. The van der Waals surface area contributed by atoms with Crippen LogP contribution in [0.5, 0.6) is 0 Å². The third-order valence-electron chi connectivity index (χ3n) is 11.4. The van der Waals surface area contributed by atoms with Gasteiger partial charge in [-0.15, -0.1) is 0 Å². The molecule has 4 saturated heterocycles. The molecule has 0 amide bonds. The normalized spacial score (nSPS) is 18.0. The molecule has 2 aromatic heterocycles. The number of pyridine rings is 2. The summed E-state index contributed by atoms with van der Waals surface area (Å²) >= 11 is 0. The van der Waals surface area contributed by atoms with Gasteiger partial charge in [0.1, 0.15) is 23.3 Å². The second kappa shape index (κ2) is 23.6. The highest BCUT2D eigenvalue weighted by Crippen LogP contribution is 2.29. The lowest BCUT2D eigenvalue weighted by Gasteiger charge is -2.31. The monoisotopic (exact) mass is 783 g/mol. The molecule has 0 spiro atoms. The number of halogens is 2. The first-order valence-electron chi connectivity index (χ1n) is 21.8. The number of benzene rings is 2. The molecule has 0 saturated carbocycles. The molecule has 1 atom stereocenters. The summed E-state index contributed by atoms with van der Waals surface area (Å²) in [5, 5.41) is 2.83. The number of rotatable bonds is 9. The van der Waals surface area contributed by atoms with Gasteiger partial charge in [-0.1, -0.05) is 26.0 Å². The van der Waals surface area contributed by atoms with E-state index in [0.717, 1.165) is 43.2 Å². The van der Waals surface area contributed by atoms with Crippen molar-refractivity contribution in [1.29, 1.82) is 0 Å². The molecule has 8 rings (SSSR count). The summed E-state index contributed by atoms with van der Waals surface area (Å²) in [6.45, 7) is 14.2. The predicted molar refractivity (Wildman–Crippen MR) is 239 cm³/mol. The molecule has 6 heterocycles. The first kappa shape index (κ1) is 43.5. The number of nitrogens with zero attached hydrogens (tertiary/aromatic N) is 7. The van der Waals surface area contributed by atoms with Crippen molar-refractivity contribution in [3.63, 3.8) is 0 Å². The zero-order valence-corrected chi connectivity index (χ0v) is 35.2. The van der Waals surface area contributed by atoms with E-state index >= 15 is 0 Å². The van der Waals surface area contributed by atoms with Crippen LogP contribution in [0.2, 0.25) is 0 Å². The summed E-state index contributed by atoms with van der Waals surface area (Å²) in [7, 11) is 3.81. The summed E-state index contributed by atoms with van der Waals surface area (Å²) in [5.41, 5.74) is 4.44. The second-order valence-electron chi connectivity index (χ2n) is 15.4. The molecule has 0 radical (unpaired) electrons. The van der Waals surface area contributed by atoms with Gasteiger partial charge in [-0.2, -0.15) is 0 Å². The van der Waals surface area contributed by atoms with Crippen LogP contribution in [-0.2, 0) is 0 Å². The van der Waals surface area contributed by atoms with Crippen molar-refractivity contribution in [1.82, 2.24) is 9.97 Å². The van der Waals surface area contributed by atoms with E-state index in [1.807, 2.05) is 45.4 Å². The SMILES string of the molecule is CC.CN(CCC1CCN(c2cc(N3CCCCC3)ccn2)C1)c1cccc(F)c1.CNc1cccc(F)c1.c1cc(N2CCCCC2)cc(N2CCCCC2)n1. The second-order valence-corrected chi connectivity index (χ2v) is 15.4. The van der Waals surface area contributed by atoms with Crippen LogP contribution < -0.4 is 29.8 Å². The number of aromatic nitrogens is 2. The van der Waals surface area contributed by atoms with E-state index in [9.17, 15) is 8.78 Å². The maximum atomic E-state index is 13.4. The van der Waals surface area contributed by atoms with Crippen molar-refractivity contribution < 1.29 is 8.78 Å². The number of anilines is 6. The Morgan fingerprint density at radius 3 is 1.63 bits per heavy atom. The Labute approximate surface area is 342 Å².